The van der Waals surface area contributed by atoms with Gasteiger partial charge in [-0.1, -0.05) is 30.3 Å². The van der Waals surface area contributed by atoms with Crippen LogP contribution in [0.2, 0.25) is 0 Å². The second-order valence-corrected chi connectivity index (χ2v) is 3.04. The van der Waals surface area contributed by atoms with E-state index in [-0.39, 0.29) is 0 Å². The summed E-state index contributed by atoms with van der Waals surface area (Å²) in [5.74, 6) is 0.448. The van der Waals surface area contributed by atoms with Gasteiger partial charge < -0.3 is 4.57 Å². The maximum atomic E-state index is 10.6. The summed E-state index contributed by atoms with van der Waals surface area (Å²) in [4.78, 5) is 14.6. The van der Waals surface area contributed by atoms with Gasteiger partial charge in [-0.05, 0) is 5.56 Å². The zero-order chi connectivity index (χ0) is 9.97. The highest BCUT2D eigenvalue weighted by atomic mass is 16.1. The number of hydrogen-bond acceptors (Lipinski definition) is 2. The zero-order valence-corrected chi connectivity index (χ0v) is 7.84. The minimum Gasteiger partial charge on any atom is -0.325 e. The molecule has 0 saturated carbocycles. The van der Waals surface area contributed by atoms with Gasteiger partial charge in [-0.3, -0.25) is 4.79 Å². The molecule has 0 saturated heterocycles. The van der Waals surface area contributed by atoms with Gasteiger partial charge in [0.25, 0.3) is 0 Å². The summed E-state index contributed by atoms with van der Waals surface area (Å²) in [5, 5.41) is 0. The van der Waals surface area contributed by atoms with Gasteiger partial charge >= 0.3 is 0 Å². The van der Waals surface area contributed by atoms with Gasteiger partial charge in [-0.15, -0.1) is 0 Å². The highest BCUT2D eigenvalue weighted by Crippen LogP contribution is 2.18. The van der Waals surface area contributed by atoms with Crippen LogP contribution in [-0.4, -0.2) is 15.8 Å². The molecule has 0 atom stereocenters. The first-order valence-electron chi connectivity index (χ1n) is 4.35. The van der Waals surface area contributed by atoms with Crippen molar-refractivity contribution in [3.05, 3.63) is 42.4 Å². The lowest BCUT2D eigenvalue weighted by Crippen LogP contribution is -1.97. The molecule has 0 N–H and O–H groups in total. The van der Waals surface area contributed by atoms with Crippen molar-refractivity contribution in [2.24, 2.45) is 7.05 Å². The number of hydrogen-bond donors (Lipinski definition) is 0. The predicted molar refractivity (Wildman–Crippen MR) is 54.0 cm³/mol. The van der Waals surface area contributed by atoms with E-state index in [0.29, 0.717) is 5.82 Å². The standard InChI is InChI=1S/C11H10N2O/c1-13-10(7-12-11(13)8-14)9-5-3-2-4-6-9/h2-8H,1H3. The Kier molecular flexibility index (Phi) is 2.14. The monoisotopic (exact) mass is 186 g/mol. The largest absolute Gasteiger partial charge is 0.325 e. The number of aldehydes is 1. The maximum Gasteiger partial charge on any atom is 0.185 e. The molecule has 1 aromatic carbocycles. The second-order valence-electron chi connectivity index (χ2n) is 3.04. The molecule has 0 aliphatic carbocycles. The van der Waals surface area contributed by atoms with E-state index in [0.717, 1.165) is 17.5 Å². The molecule has 0 spiro atoms. The summed E-state index contributed by atoms with van der Waals surface area (Å²) in [6.07, 6.45) is 2.46. The molecule has 0 aliphatic heterocycles. The Balaban J connectivity index is 2.53. The molecular formula is C11H10N2O. The van der Waals surface area contributed by atoms with Crippen LogP contribution >= 0.6 is 0 Å². The summed E-state index contributed by atoms with van der Waals surface area (Å²) >= 11 is 0. The SMILES string of the molecule is Cn1c(-c2ccccc2)cnc1C=O. The van der Waals surface area contributed by atoms with Gasteiger partial charge in [0.05, 0.1) is 11.9 Å². The Labute approximate surface area is 82.0 Å². The molecule has 0 radical (unpaired) electrons. The molecule has 0 bridgehead atoms. The number of aromatic nitrogens is 2. The Morgan fingerprint density at radius 1 is 1.29 bits per heavy atom. The van der Waals surface area contributed by atoms with Crippen LogP contribution in [0, 0.1) is 0 Å². The van der Waals surface area contributed by atoms with Gasteiger partial charge in [0, 0.05) is 7.05 Å². The van der Waals surface area contributed by atoms with Crippen molar-refractivity contribution in [2.75, 3.05) is 0 Å². The maximum absolute atomic E-state index is 10.6. The van der Waals surface area contributed by atoms with Crippen LogP contribution < -0.4 is 0 Å². The van der Waals surface area contributed by atoms with Crippen LogP contribution in [0.3, 0.4) is 0 Å². The van der Waals surface area contributed by atoms with Gasteiger partial charge in [0.15, 0.2) is 12.1 Å². The highest BCUT2D eigenvalue weighted by Gasteiger charge is 2.06. The average molecular weight is 186 g/mol. The number of carbonyl (C=O) groups is 1. The summed E-state index contributed by atoms with van der Waals surface area (Å²) in [6, 6.07) is 9.86. The van der Waals surface area contributed by atoms with Crippen molar-refractivity contribution in [1.29, 1.82) is 0 Å². The normalized spacial score (nSPS) is 10.1. The third-order valence-corrected chi connectivity index (χ3v) is 2.20. The topological polar surface area (TPSA) is 34.9 Å². The minimum absolute atomic E-state index is 0.448. The molecule has 3 heteroatoms. The molecule has 1 heterocycles. The van der Waals surface area contributed by atoms with Gasteiger partial charge in [0.1, 0.15) is 0 Å². The van der Waals surface area contributed by atoms with Gasteiger partial charge in [-0.25, -0.2) is 4.98 Å². The molecule has 70 valence electrons. The number of imidazole rings is 1. The molecular weight excluding hydrogens is 176 g/mol. The number of carbonyl (C=O) groups excluding carboxylic acids is 1. The third-order valence-electron chi connectivity index (χ3n) is 2.20. The molecule has 2 aromatic rings. The van der Waals surface area contributed by atoms with Crippen LogP contribution in [0.25, 0.3) is 11.3 Å². The van der Waals surface area contributed by atoms with E-state index in [1.807, 2.05) is 37.4 Å². The first-order valence-corrected chi connectivity index (χ1v) is 4.35. The Morgan fingerprint density at radius 2 is 2.00 bits per heavy atom. The summed E-state index contributed by atoms with van der Waals surface area (Å²) < 4.78 is 1.78. The van der Waals surface area contributed by atoms with Gasteiger partial charge in [-0.2, -0.15) is 0 Å². The quantitative estimate of drug-likeness (QED) is 0.671. The first-order chi connectivity index (χ1) is 6.83. The van der Waals surface area contributed by atoms with Crippen LogP contribution in [0.5, 0.6) is 0 Å². The summed E-state index contributed by atoms with van der Waals surface area (Å²) in [6.45, 7) is 0. The Bertz CT molecular complexity index is 446. The van der Waals surface area contributed by atoms with Crippen molar-refractivity contribution in [3.63, 3.8) is 0 Å². The first kappa shape index (κ1) is 8.69. The Hall–Kier alpha value is -1.90. The molecule has 2 rings (SSSR count). The van der Waals surface area contributed by atoms with E-state index in [1.165, 1.54) is 0 Å². The Morgan fingerprint density at radius 3 is 2.57 bits per heavy atom. The molecule has 14 heavy (non-hydrogen) atoms. The van der Waals surface area contributed by atoms with Crippen molar-refractivity contribution < 1.29 is 4.79 Å². The molecule has 0 unspecified atom stereocenters. The molecule has 0 aliphatic rings. The van der Waals surface area contributed by atoms with E-state index >= 15 is 0 Å². The summed E-state index contributed by atoms with van der Waals surface area (Å²) in [7, 11) is 1.83. The zero-order valence-electron chi connectivity index (χ0n) is 7.84. The summed E-state index contributed by atoms with van der Waals surface area (Å²) in [5.41, 5.74) is 2.02. The molecule has 1 aromatic heterocycles. The minimum atomic E-state index is 0.448. The highest BCUT2D eigenvalue weighted by molar-refractivity contribution is 5.72. The molecule has 3 nitrogen and oxygen atoms in total. The van der Waals surface area contributed by atoms with Crippen LogP contribution in [0.4, 0.5) is 0 Å². The molecule has 0 fully saturated rings. The fourth-order valence-corrected chi connectivity index (χ4v) is 1.41. The van der Waals surface area contributed by atoms with E-state index in [4.69, 9.17) is 0 Å². The van der Waals surface area contributed by atoms with Crippen LogP contribution in [0.15, 0.2) is 36.5 Å². The van der Waals surface area contributed by atoms with Crippen LogP contribution in [-0.2, 0) is 7.05 Å². The van der Waals surface area contributed by atoms with E-state index < -0.39 is 0 Å². The van der Waals surface area contributed by atoms with Gasteiger partial charge in [0.2, 0.25) is 0 Å². The van der Waals surface area contributed by atoms with E-state index in [1.54, 1.807) is 10.8 Å². The third kappa shape index (κ3) is 1.33. The fraction of sp³-hybridized carbons (Fsp3) is 0.0909. The lowest BCUT2D eigenvalue weighted by Gasteiger charge is -2.01. The van der Waals surface area contributed by atoms with E-state index in [2.05, 4.69) is 4.98 Å². The average Bonchev–Trinajstić information content (AvgIpc) is 2.61. The lowest BCUT2D eigenvalue weighted by atomic mass is 10.2. The second kappa shape index (κ2) is 3.46. The van der Waals surface area contributed by atoms with Crippen molar-refractivity contribution in [1.82, 2.24) is 9.55 Å². The number of benzene rings is 1. The molecule has 0 amide bonds. The van der Waals surface area contributed by atoms with Crippen molar-refractivity contribution in [3.8, 4) is 11.3 Å². The van der Waals surface area contributed by atoms with Crippen molar-refractivity contribution in [2.45, 2.75) is 0 Å². The fourth-order valence-electron chi connectivity index (χ4n) is 1.41. The number of rotatable bonds is 2. The predicted octanol–water partition coefficient (Wildman–Crippen LogP) is 1.90. The van der Waals surface area contributed by atoms with E-state index in [9.17, 15) is 4.79 Å². The smallest absolute Gasteiger partial charge is 0.185 e. The number of nitrogens with zero attached hydrogens (tertiary/aromatic N) is 2. The van der Waals surface area contributed by atoms with Crippen LogP contribution in [0.1, 0.15) is 10.6 Å². The lowest BCUT2D eigenvalue weighted by molar-refractivity contribution is 0.111. The van der Waals surface area contributed by atoms with Crippen molar-refractivity contribution >= 4 is 6.29 Å².